The predicted molar refractivity (Wildman–Crippen MR) is 407 cm³/mol. The Kier molecular flexibility index (Phi) is 24.4. The first kappa shape index (κ1) is 70.9. The van der Waals surface area contributed by atoms with Crippen LogP contribution in [0.3, 0.4) is 0 Å². The summed E-state index contributed by atoms with van der Waals surface area (Å²) in [5.41, 5.74) is 7.17. The van der Waals surface area contributed by atoms with Gasteiger partial charge in [0, 0.05) is 36.3 Å². The maximum Gasteiger partial charge on any atom is 0.0163 e. The topological polar surface area (TPSA) is 6.48 Å². The maximum atomic E-state index is 3.61. The second kappa shape index (κ2) is 32.7. The zero-order valence-electron chi connectivity index (χ0n) is 64.2. The Bertz CT molecular complexity index is 2360. The van der Waals surface area contributed by atoms with Crippen molar-refractivity contribution in [3.05, 3.63) is 46.6 Å². The lowest BCUT2D eigenvalue weighted by molar-refractivity contribution is -0.170. The van der Waals surface area contributed by atoms with Crippen LogP contribution in [0.15, 0.2) is 46.6 Å². The Balaban J connectivity index is 0.755. The summed E-state index contributed by atoms with van der Waals surface area (Å²) in [7, 11) is 0. The first-order valence-electron chi connectivity index (χ1n) is 44.6. The Morgan fingerprint density at radius 2 is 0.526 bits per heavy atom. The van der Waals surface area contributed by atoms with Gasteiger partial charge in [0.1, 0.15) is 0 Å². The molecule has 13 atom stereocenters. The Morgan fingerprint density at radius 3 is 0.916 bits per heavy atom. The molecule has 14 fully saturated rings. The Labute approximate surface area is 589 Å². The van der Waals surface area contributed by atoms with Crippen molar-refractivity contribution in [2.24, 2.45) is 136 Å². The van der Waals surface area contributed by atoms with Gasteiger partial charge in [-0.15, -0.1) is 0 Å². The smallest absolute Gasteiger partial charge is 0.0163 e. The molecule has 0 aromatic rings. The summed E-state index contributed by atoms with van der Waals surface area (Å²) >= 11 is 0. The fourth-order valence-corrected chi connectivity index (χ4v) is 28.7. The number of nitrogens with zero attached hydrogens (tertiary/aromatic N) is 2. The molecule has 14 aliphatic carbocycles. The van der Waals surface area contributed by atoms with Gasteiger partial charge in [-0.05, 0) is 363 Å². The van der Waals surface area contributed by atoms with E-state index in [0.717, 1.165) is 172 Å². The molecule has 0 aromatic carbocycles. The number of rotatable bonds is 15. The van der Waals surface area contributed by atoms with Gasteiger partial charge >= 0.3 is 0 Å². The van der Waals surface area contributed by atoms with Crippen LogP contribution >= 0.6 is 0 Å². The third-order valence-corrected chi connectivity index (χ3v) is 34.1. The Hall–Kier alpha value is -1.12. The molecule has 2 nitrogen and oxygen atoms in total. The quantitative estimate of drug-likeness (QED) is 0.151. The molecule has 0 saturated heterocycles. The molecule has 0 N–H and O–H groups in total. The van der Waals surface area contributed by atoms with Crippen molar-refractivity contribution in [2.75, 3.05) is 0 Å². The van der Waals surface area contributed by atoms with E-state index in [1.165, 1.54) is 238 Å². The molecule has 95 heavy (non-hydrogen) atoms. The summed E-state index contributed by atoms with van der Waals surface area (Å²) in [6.07, 6.45) is 82.0. The average molecular weight is 1300 g/mol. The van der Waals surface area contributed by atoms with Crippen LogP contribution in [0.4, 0.5) is 0 Å². The minimum atomic E-state index is 0.819. The highest BCUT2D eigenvalue weighted by molar-refractivity contribution is 5.17. The van der Waals surface area contributed by atoms with Gasteiger partial charge in [-0.25, -0.2) is 0 Å². The van der Waals surface area contributed by atoms with Crippen LogP contribution in [0.25, 0.3) is 0 Å². The number of hydrogen-bond acceptors (Lipinski definition) is 2. The minimum Gasteiger partial charge on any atom is -0.294 e. The molecule has 0 radical (unpaired) electrons. The second-order valence-corrected chi connectivity index (χ2v) is 39.8. The molecule has 14 rings (SSSR count). The van der Waals surface area contributed by atoms with Crippen LogP contribution in [0.1, 0.15) is 364 Å². The third kappa shape index (κ3) is 16.3. The number of hydrogen-bond donors (Lipinski definition) is 0. The van der Waals surface area contributed by atoms with Crippen LogP contribution in [-0.2, 0) is 0 Å². The van der Waals surface area contributed by atoms with Crippen LogP contribution in [0.2, 0.25) is 0 Å². The van der Waals surface area contributed by atoms with E-state index in [0.29, 0.717) is 0 Å². The van der Waals surface area contributed by atoms with Gasteiger partial charge in [-0.3, -0.25) is 9.80 Å². The molecule has 0 bridgehead atoms. The van der Waals surface area contributed by atoms with Gasteiger partial charge in [-0.1, -0.05) is 184 Å². The molecule has 0 amide bonds. The molecule has 536 valence electrons. The van der Waals surface area contributed by atoms with E-state index in [4.69, 9.17) is 0 Å². The van der Waals surface area contributed by atoms with Crippen molar-refractivity contribution >= 4 is 0 Å². The van der Waals surface area contributed by atoms with Crippen molar-refractivity contribution in [1.82, 2.24) is 9.80 Å². The lowest BCUT2D eigenvalue weighted by Gasteiger charge is -2.66. The highest BCUT2D eigenvalue weighted by Gasteiger charge is 2.62. The second-order valence-electron chi connectivity index (χ2n) is 39.8. The summed E-state index contributed by atoms with van der Waals surface area (Å²) in [5.74, 6) is 21.2. The van der Waals surface area contributed by atoms with Gasteiger partial charge in [-0.2, -0.15) is 0 Å². The van der Waals surface area contributed by atoms with E-state index in [-0.39, 0.29) is 0 Å². The van der Waals surface area contributed by atoms with Crippen molar-refractivity contribution in [1.29, 1.82) is 0 Å². The number of allylic oxidation sites excluding steroid dienone is 8. The lowest BCUT2D eigenvalue weighted by Crippen LogP contribution is -2.66. The van der Waals surface area contributed by atoms with Crippen molar-refractivity contribution < 1.29 is 0 Å². The van der Waals surface area contributed by atoms with Crippen LogP contribution in [0.5, 0.6) is 0 Å². The van der Waals surface area contributed by atoms with E-state index in [2.05, 4.69) is 96.4 Å². The highest BCUT2D eigenvalue weighted by atomic mass is 15.2. The summed E-state index contributed by atoms with van der Waals surface area (Å²) in [4.78, 5) is 7.22. The highest BCUT2D eigenvalue weighted by Crippen LogP contribution is 2.65. The average Bonchev–Trinajstić information content (AvgIpc) is 0.719. The van der Waals surface area contributed by atoms with Gasteiger partial charge in [0.15, 0.2) is 0 Å². The predicted octanol–water partition coefficient (Wildman–Crippen LogP) is 26.4. The fourth-order valence-electron chi connectivity index (χ4n) is 28.7. The van der Waals surface area contributed by atoms with Gasteiger partial charge in [0.05, 0.1) is 0 Å². The SMILES string of the molecule is C/C(=C\C1CCC(N(C2CCC(/C=C(\C)C3CCC(C)CC3)CC2)C2C3CCCCC3CC3C(C4C5CCCCC5C(N(C5CCC(/C=C(\C)C6CCC(C)CC6)CC5)C5CCC(/C=C(\C)C6CCC(C)CC6)CC5)C5CCCC(C)C54)CCCC32)CC1)C1CCC(C)CC1. The van der Waals surface area contributed by atoms with Crippen LogP contribution in [-0.4, -0.2) is 46.1 Å². The van der Waals surface area contributed by atoms with E-state index in [9.17, 15) is 0 Å². The van der Waals surface area contributed by atoms with Crippen molar-refractivity contribution in [3.63, 3.8) is 0 Å². The van der Waals surface area contributed by atoms with E-state index in [1.54, 1.807) is 86.5 Å². The minimum absolute atomic E-state index is 0.819. The molecule has 0 heterocycles. The largest absolute Gasteiger partial charge is 0.294 e. The molecular formula is C93H154N2. The molecule has 13 unspecified atom stereocenters. The molecular weight excluding hydrogens is 1150 g/mol. The van der Waals surface area contributed by atoms with Crippen molar-refractivity contribution in [2.45, 2.75) is 400 Å². The Morgan fingerprint density at radius 1 is 0.242 bits per heavy atom. The van der Waals surface area contributed by atoms with Gasteiger partial charge in [0.2, 0.25) is 0 Å². The van der Waals surface area contributed by atoms with E-state index < -0.39 is 0 Å². The summed E-state index contributed by atoms with van der Waals surface area (Å²) < 4.78 is 0. The molecule has 14 saturated carbocycles. The first-order valence-corrected chi connectivity index (χ1v) is 44.6. The zero-order chi connectivity index (χ0) is 65.3. The third-order valence-electron chi connectivity index (χ3n) is 34.1. The van der Waals surface area contributed by atoms with Crippen molar-refractivity contribution in [3.8, 4) is 0 Å². The molecule has 2 heteroatoms. The zero-order valence-corrected chi connectivity index (χ0v) is 64.2. The maximum absolute atomic E-state index is 3.61. The standard InChI is InChI=1S/C93H154N2/c1-61-24-40-74(41-25-61)66(6)56-70-32-48-79(49-33-70)94(80-50-34-71(35-51-80)57-67(7)75-42-26-62(2)27-43-75)92-83-18-11-10-17-78(83)60-89-85(21-15-22-87(89)92)91-84-19-12-13-20-86(84)93(88-23-14-16-65(5)90(88)91)95(81-52-36-72(37-53-81)58-68(8)76-44-28-63(3)29-45-76)82-54-38-73(39-55-82)59-69(9)77-46-30-64(4)31-47-77/h56-59,61-65,70-93H,10-55,60H2,1-9H3/b66-56+,67-57+,68-58+,69-59+. The van der Waals surface area contributed by atoms with Crippen LogP contribution < -0.4 is 0 Å². The lowest BCUT2D eigenvalue weighted by atomic mass is 9.44. The van der Waals surface area contributed by atoms with Gasteiger partial charge in [0.25, 0.3) is 0 Å². The first-order chi connectivity index (χ1) is 46.3. The summed E-state index contributed by atoms with van der Waals surface area (Å²) in [6, 6.07) is 5.00. The normalized spacial score (nSPS) is 47.9. The molecule has 0 spiro atoms. The summed E-state index contributed by atoms with van der Waals surface area (Å²) in [5, 5.41) is 0. The van der Waals surface area contributed by atoms with Crippen LogP contribution in [0, 0.1) is 136 Å². The van der Waals surface area contributed by atoms with Gasteiger partial charge < -0.3 is 0 Å². The van der Waals surface area contributed by atoms with E-state index >= 15 is 0 Å². The molecule has 0 aromatic heterocycles. The molecule has 0 aliphatic heterocycles. The number of fused-ring (bicyclic) bond motifs is 4. The monoisotopic (exact) mass is 1300 g/mol. The summed E-state index contributed by atoms with van der Waals surface area (Å²) in [6.45, 7) is 23.3. The molecule has 14 aliphatic rings. The fraction of sp³-hybridized carbons (Fsp3) is 0.914. The van der Waals surface area contributed by atoms with E-state index in [1.807, 2.05) is 0 Å².